The summed E-state index contributed by atoms with van der Waals surface area (Å²) in [5.74, 6) is -0.128. The fourth-order valence-electron chi connectivity index (χ4n) is 5.98. The third-order valence-corrected chi connectivity index (χ3v) is 9.25. The zero-order valence-corrected chi connectivity index (χ0v) is 26.7. The van der Waals surface area contributed by atoms with Crippen LogP contribution >= 0.6 is 11.8 Å². The molecule has 2 aliphatic rings. The summed E-state index contributed by atoms with van der Waals surface area (Å²) in [7, 11) is 1.64. The van der Waals surface area contributed by atoms with E-state index in [1.807, 2.05) is 0 Å². The van der Waals surface area contributed by atoms with Crippen LogP contribution in [0.5, 0.6) is 0 Å². The highest BCUT2D eigenvalue weighted by atomic mass is 32.2. The number of aliphatic hydroxyl groups excluding tert-OH is 1. The standard InChI is InChI=1S/C29H50N6O7S/c1-5-21-25-20(15-36)28(41)32-16-29(21,13-22(25)42-4)10-11-31-23(37)9-7-6-8-12-43-17-33-26(39)18(2)35-27(40)19(3)34-24(38)14-30/h18-19,21-22,36H,5-17,30H2,1-4H3,(H,31,37)(H,32,41)(H,33,39)(H,34,38)(H,35,40)/t18-,19+,21-,22+,29?/m0/s1. The van der Waals surface area contributed by atoms with Gasteiger partial charge in [0.05, 0.1) is 25.1 Å². The van der Waals surface area contributed by atoms with Crippen molar-refractivity contribution in [2.75, 3.05) is 45.0 Å². The molecule has 43 heavy (non-hydrogen) atoms. The molecule has 0 aromatic rings. The Morgan fingerprint density at radius 2 is 1.81 bits per heavy atom. The Morgan fingerprint density at radius 3 is 2.47 bits per heavy atom. The smallest absolute Gasteiger partial charge is 0.249 e. The number of hydrogen-bond donors (Lipinski definition) is 7. The number of nitrogens with two attached hydrogens (primary N) is 1. The minimum Gasteiger partial charge on any atom is -0.391 e. The number of carbonyl (C=O) groups excluding carboxylic acids is 5. The monoisotopic (exact) mass is 626 g/mol. The van der Waals surface area contributed by atoms with Crippen molar-refractivity contribution in [2.45, 2.75) is 83.9 Å². The average Bonchev–Trinajstić information content (AvgIpc) is 3.23. The second-order valence-corrected chi connectivity index (χ2v) is 12.4. The summed E-state index contributed by atoms with van der Waals surface area (Å²) >= 11 is 1.56. The number of fused-ring (bicyclic) bond motifs is 2. The van der Waals surface area contributed by atoms with Gasteiger partial charge in [-0.15, -0.1) is 11.8 Å². The summed E-state index contributed by atoms with van der Waals surface area (Å²) in [5.41, 5.74) is 6.33. The SMILES string of the molecule is CC[C@H]1C2=C(CO)C(=O)NCC1(CCNC(=O)CCCCCSCNC(=O)[C@H](C)NC(=O)[C@@H](C)NC(=O)CN)C[C@H]2OC. The number of ether oxygens (including phenoxy) is 1. The molecule has 5 atom stereocenters. The number of rotatable bonds is 19. The van der Waals surface area contributed by atoms with Crippen molar-refractivity contribution in [1.29, 1.82) is 0 Å². The van der Waals surface area contributed by atoms with Gasteiger partial charge >= 0.3 is 0 Å². The molecule has 0 saturated heterocycles. The van der Waals surface area contributed by atoms with Crippen LogP contribution in [0.2, 0.25) is 0 Å². The number of carbonyl (C=O) groups is 5. The van der Waals surface area contributed by atoms with Crippen LogP contribution in [0.4, 0.5) is 0 Å². The first kappa shape index (κ1) is 36.5. The van der Waals surface area contributed by atoms with Crippen LogP contribution in [-0.4, -0.2) is 97.8 Å². The molecule has 2 bridgehead atoms. The van der Waals surface area contributed by atoms with Crippen molar-refractivity contribution in [3.63, 3.8) is 0 Å². The van der Waals surface area contributed by atoms with Gasteiger partial charge in [0.25, 0.3) is 0 Å². The minimum atomic E-state index is -0.792. The molecule has 0 aromatic heterocycles. The third kappa shape index (κ3) is 10.5. The number of thioether (sulfide) groups is 1. The Bertz CT molecular complexity index is 1030. The van der Waals surface area contributed by atoms with Crippen LogP contribution in [0.25, 0.3) is 0 Å². The van der Waals surface area contributed by atoms with Gasteiger partial charge in [-0.1, -0.05) is 13.3 Å². The molecule has 1 aliphatic heterocycles. The largest absolute Gasteiger partial charge is 0.391 e. The van der Waals surface area contributed by atoms with E-state index in [-0.39, 0.29) is 48.3 Å². The third-order valence-electron chi connectivity index (χ3n) is 8.32. The van der Waals surface area contributed by atoms with E-state index in [9.17, 15) is 29.1 Å². The molecule has 1 unspecified atom stereocenters. The maximum absolute atomic E-state index is 12.6. The lowest BCUT2D eigenvalue weighted by Gasteiger charge is -2.34. The topological polar surface area (TPSA) is 201 Å². The van der Waals surface area contributed by atoms with E-state index < -0.39 is 23.9 Å². The normalized spacial score (nSPS) is 22.7. The highest BCUT2D eigenvalue weighted by molar-refractivity contribution is 7.99. The number of hydrogen-bond acceptors (Lipinski definition) is 9. The fraction of sp³-hybridized carbons (Fsp3) is 0.759. The lowest BCUT2D eigenvalue weighted by atomic mass is 9.73. The highest BCUT2D eigenvalue weighted by Crippen LogP contribution is 2.53. The summed E-state index contributed by atoms with van der Waals surface area (Å²) in [4.78, 5) is 60.6. The van der Waals surface area contributed by atoms with Gasteiger partial charge in [-0.3, -0.25) is 24.0 Å². The van der Waals surface area contributed by atoms with Crippen molar-refractivity contribution in [2.24, 2.45) is 17.1 Å². The lowest BCUT2D eigenvalue weighted by molar-refractivity contribution is -0.131. The predicted octanol–water partition coefficient (Wildman–Crippen LogP) is -0.322. The Morgan fingerprint density at radius 1 is 1.09 bits per heavy atom. The maximum Gasteiger partial charge on any atom is 0.249 e. The number of aliphatic hydroxyl groups is 1. The van der Waals surface area contributed by atoms with Gasteiger partial charge in [-0.05, 0) is 68.6 Å². The first-order valence-electron chi connectivity index (χ1n) is 15.1. The van der Waals surface area contributed by atoms with Crippen molar-refractivity contribution in [3.8, 4) is 0 Å². The molecular weight excluding hydrogens is 576 g/mol. The van der Waals surface area contributed by atoms with Gasteiger partial charge in [0, 0.05) is 32.2 Å². The van der Waals surface area contributed by atoms with E-state index in [1.54, 1.807) is 25.8 Å². The minimum absolute atomic E-state index is 0.00284. The second-order valence-electron chi connectivity index (χ2n) is 11.3. The van der Waals surface area contributed by atoms with Gasteiger partial charge in [0.1, 0.15) is 12.1 Å². The van der Waals surface area contributed by atoms with Crippen LogP contribution in [0, 0.1) is 11.3 Å². The van der Waals surface area contributed by atoms with Crippen molar-refractivity contribution < 1.29 is 33.8 Å². The summed E-state index contributed by atoms with van der Waals surface area (Å²) in [6, 6.07) is -1.54. The molecule has 1 heterocycles. The van der Waals surface area contributed by atoms with E-state index in [4.69, 9.17) is 10.5 Å². The fourth-order valence-corrected chi connectivity index (χ4v) is 6.78. The van der Waals surface area contributed by atoms with Crippen LogP contribution in [-0.2, 0) is 28.7 Å². The number of nitrogens with one attached hydrogen (secondary N) is 5. The Hall–Kier alpha value is -2.68. The predicted molar refractivity (Wildman–Crippen MR) is 165 cm³/mol. The molecule has 14 heteroatoms. The van der Waals surface area contributed by atoms with E-state index in [2.05, 4.69) is 33.5 Å². The van der Waals surface area contributed by atoms with Gasteiger partial charge < -0.3 is 42.2 Å². The van der Waals surface area contributed by atoms with E-state index >= 15 is 0 Å². The number of unbranched alkanes of at least 4 members (excludes halogenated alkanes) is 2. The molecule has 0 aromatic carbocycles. The zero-order valence-electron chi connectivity index (χ0n) is 25.9. The van der Waals surface area contributed by atoms with Crippen molar-refractivity contribution >= 4 is 41.3 Å². The first-order chi connectivity index (χ1) is 20.5. The van der Waals surface area contributed by atoms with Crippen LogP contribution in [0.15, 0.2) is 11.1 Å². The van der Waals surface area contributed by atoms with Crippen molar-refractivity contribution in [1.82, 2.24) is 26.6 Å². The quantitative estimate of drug-likeness (QED) is 0.0741. The maximum atomic E-state index is 12.6. The number of methoxy groups -OCH3 is 1. The Kier molecular flexibility index (Phi) is 15.5. The molecule has 13 nitrogen and oxygen atoms in total. The molecule has 0 spiro atoms. The molecular formula is C29H50N6O7S. The summed E-state index contributed by atoms with van der Waals surface area (Å²) in [6.45, 7) is 5.65. The number of amides is 5. The lowest BCUT2D eigenvalue weighted by Crippen LogP contribution is -2.52. The zero-order chi connectivity index (χ0) is 32.0. The van der Waals surface area contributed by atoms with Crippen LogP contribution < -0.4 is 32.3 Å². The molecule has 244 valence electrons. The van der Waals surface area contributed by atoms with Crippen molar-refractivity contribution in [3.05, 3.63) is 11.1 Å². The van der Waals surface area contributed by atoms with E-state index in [0.717, 1.165) is 43.4 Å². The van der Waals surface area contributed by atoms with E-state index in [0.29, 0.717) is 37.4 Å². The average molecular weight is 627 g/mol. The first-order valence-corrected chi connectivity index (χ1v) is 16.3. The summed E-state index contributed by atoms with van der Waals surface area (Å²) in [6.07, 6.45) is 5.08. The summed E-state index contributed by atoms with van der Waals surface area (Å²) < 4.78 is 5.71. The second kappa shape index (κ2) is 18.2. The Balaban J connectivity index is 1.61. The van der Waals surface area contributed by atoms with Gasteiger partial charge in [-0.2, -0.15) is 0 Å². The van der Waals surface area contributed by atoms with Crippen LogP contribution in [0.1, 0.15) is 65.7 Å². The van der Waals surface area contributed by atoms with Gasteiger partial charge in [0.15, 0.2) is 0 Å². The van der Waals surface area contributed by atoms with E-state index in [1.165, 1.54) is 6.92 Å². The highest BCUT2D eigenvalue weighted by Gasteiger charge is 2.52. The Labute approximate surface area is 258 Å². The molecule has 5 amide bonds. The van der Waals surface area contributed by atoms with Gasteiger partial charge in [0.2, 0.25) is 29.5 Å². The van der Waals surface area contributed by atoms with Crippen LogP contribution in [0.3, 0.4) is 0 Å². The summed E-state index contributed by atoms with van der Waals surface area (Å²) in [5, 5.41) is 23.6. The van der Waals surface area contributed by atoms with Gasteiger partial charge in [-0.25, -0.2) is 0 Å². The molecule has 1 saturated carbocycles. The molecule has 0 radical (unpaired) electrons. The molecule has 2 rings (SSSR count). The molecule has 8 N–H and O–H groups in total. The molecule has 1 aliphatic carbocycles. The molecule has 1 fully saturated rings.